The second-order valence-corrected chi connectivity index (χ2v) is 28.2. The largest absolute Gasteiger partial charge is 0.478 e. The van der Waals surface area contributed by atoms with E-state index >= 15 is 0 Å². The summed E-state index contributed by atoms with van der Waals surface area (Å²) in [6.07, 6.45) is 35.4. The van der Waals surface area contributed by atoms with E-state index in [0.717, 1.165) is 32.1 Å². The van der Waals surface area contributed by atoms with Gasteiger partial charge in [-0.25, -0.2) is 31.5 Å². The third-order valence-electron chi connectivity index (χ3n) is 19.7. The summed E-state index contributed by atoms with van der Waals surface area (Å²) in [5.41, 5.74) is 3.27. The molecule has 6 fully saturated rings. The van der Waals surface area contributed by atoms with Crippen LogP contribution in [0.1, 0.15) is 152 Å². The number of carbonyl (C=O) groups excluding carboxylic acids is 3. The molecule has 14 atom stereocenters. The van der Waals surface area contributed by atoms with Crippen LogP contribution in [0.25, 0.3) is 0 Å². The molecule has 0 aromatic carbocycles. The standard InChI is InChI=1S/C27H37NO4S.C24H32O3.C3H7NO2S.CH2Cl2.CH4/c1-17(4-11-25(30)28-33(31,32)20-6-7-20)22-9-10-23-21-8-5-18-16-19(29)12-14-26(18,2)24(21)13-15-27(22,23)3;1-15(4-9-22(26)27)19-7-8-20-18-6-5-16-14-17(25)10-12-23(16,2)21(18)11-13-24(19,20)3;4-7(5,6)3-1-2-3;2-1-3;/h4-5,8,11,16-17,20-24H,6-7,9-10,12-15H2,1-3H3,(H,28,30);4-6,9,14-15,18-21H,7-8,10-13H2,1-3H3,(H,26,27);3H,1-2H2,(H2,4,5,6);1H2;1H4/b11-4+;9-4+;;;/t17-,21?,22?,23?,24?,26+,27-;15-,18?,19?,20?,21?,23+,24-;;;/m11.../s1. The van der Waals surface area contributed by atoms with Crippen LogP contribution in [0.4, 0.5) is 0 Å². The molecule has 1 amide bonds. The molecule has 11 nitrogen and oxygen atoms in total. The van der Waals surface area contributed by atoms with Crippen molar-refractivity contribution in [1.29, 1.82) is 0 Å². The highest BCUT2D eigenvalue weighted by Crippen LogP contribution is 2.68. The van der Waals surface area contributed by atoms with Gasteiger partial charge in [0.15, 0.2) is 11.6 Å². The minimum absolute atomic E-state index is 0. The Bertz CT molecular complexity index is 2460. The molecule has 0 bridgehead atoms. The van der Waals surface area contributed by atoms with Crippen molar-refractivity contribution in [2.24, 2.45) is 86.0 Å². The lowest BCUT2D eigenvalue weighted by Gasteiger charge is -2.56. The molecule has 10 aliphatic carbocycles. The van der Waals surface area contributed by atoms with Crippen LogP contribution in [0.2, 0.25) is 0 Å². The number of rotatable bonds is 9. The van der Waals surface area contributed by atoms with Crippen LogP contribution >= 0.6 is 23.2 Å². The summed E-state index contributed by atoms with van der Waals surface area (Å²) < 4.78 is 46.6. The zero-order chi connectivity index (χ0) is 51.2. The molecule has 0 aromatic heterocycles. The molecule has 6 saturated carbocycles. The van der Waals surface area contributed by atoms with Gasteiger partial charge < -0.3 is 5.11 Å². The number of primary sulfonamides is 1. The first-order valence-electron chi connectivity index (χ1n) is 26.0. The molecule has 0 aromatic rings. The SMILES string of the molecule is C.C[C@H](/C=C/C(=O)NS(=O)(=O)C1CC1)C1CCC2C3C=CC4=CC(=O)CC[C@]4(C)C3CC[C@@]21C.C[C@H](/C=C/C(=O)O)C1CCC2C3C=CC4=CC(=O)CC[C@]4(C)C3CC[C@@]21C.ClCCl.NS(=O)(=O)C1CC1. The first-order valence-corrected chi connectivity index (χ1v) is 30.2. The molecule has 10 aliphatic rings. The van der Waals surface area contributed by atoms with Crippen LogP contribution < -0.4 is 9.86 Å². The van der Waals surface area contributed by atoms with Crippen LogP contribution in [-0.2, 0) is 39.2 Å². The van der Waals surface area contributed by atoms with E-state index in [1.54, 1.807) is 0 Å². The molecule has 0 spiro atoms. The number of aliphatic carboxylic acids is 1. The summed E-state index contributed by atoms with van der Waals surface area (Å²) in [7, 11) is -6.63. The number of allylic oxidation sites excluding steroid dienone is 10. The molecule has 0 radical (unpaired) electrons. The Morgan fingerprint density at radius 1 is 0.676 bits per heavy atom. The minimum atomic E-state index is -3.50. The van der Waals surface area contributed by atoms with Gasteiger partial charge in [0.25, 0.3) is 5.91 Å². The third-order valence-corrected chi connectivity index (χ3v) is 23.0. The minimum Gasteiger partial charge on any atom is -0.478 e. The number of alkyl halides is 2. The average molecular weight is 1060 g/mol. The molecule has 396 valence electrons. The fraction of sp³-hybridized carbons (Fsp3) is 0.714. The second-order valence-electron chi connectivity index (χ2n) is 23.6. The maximum Gasteiger partial charge on any atom is 0.327 e. The molecule has 15 heteroatoms. The third kappa shape index (κ3) is 12.0. The predicted molar refractivity (Wildman–Crippen MR) is 284 cm³/mol. The zero-order valence-electron chi connectivity index (χ0n) is 42.1. The maximum atomic E-state index is 12.2. The Morgan fingerprint density at radius 2 is 1.08 bits per heavy atom. The van der Waals surface area contributed by atoms with Gasteiger partial charge in [0, 0.05) is 25.0 Å². The van der Waals surface area contributed by atoms with Gasteiger partial charge in [-0.15, -0.1) is 23.2 Å². The van der Waals surface area contributed by atoms with Crippen LogP contribution in [0.3, 0.4) is 0 Å². The number of carbonyl (C=O) groups is 4. The summed E-state index contributed by atoms with van der Waals surface area (Å²) in [4.78, 5) is 47.1. The van der Waals surface area contributed by atoms with Crippen LogP contribution in [0.5, 0.6) is 0 Å². The van der Waals surface area contributed by atoms with E-state index in [0.29, 0.717) is 78.9 Å². The Kier molecular flexibility index (Phi) is 17.9. The molecule has 71 heavy (non-hydrogen) atoms. The second kappa shape index (κ2) is 22.2. The van der Waals surface area contributed by atoms with Gasteiger partial charge >= 0.3 is 5.97 Å². The molecule has 0 aliphatic heterocycles. The number of ketones is 2. The highest BCUT2D eigenvalue weighted by molar-refractivity contribution is 7.91. The Labute approximate surface area is 435 Å². The molecular formula is C56H82Cl2N2O9S2. The number of hydrogen-bond donors (Lipinski definition) is 3. The Hall–Kier alpha value is -2.84. The normalized spacial score (nSPS) is 38.5. The highest BCUT2D eigenvalue weighted by atomic mass is 35.5. The maximum absolute atomic E-state index is 12.2. The molecule has 0 heterocycles. The Morgan fingerprint density at radius 3 is 1.45 bits per heavy atom. The fourth-order valence-corrected chi connectivity index (χ4v) is 17.6. The number of halogens is 2. The predicted octanol–water partition coefficient (Wildman–Crippen LogP) is 11.4. The number of fused-ring (bicyclic) bond motifs is 10. The average Bonchev–Trinajstić information content (AvgIpc) is 4.23. The van der Waals surface area contributed by atoms with Crippen molar-refractivity contribution in [3.63, 3.8) is 0 Å². The number of carboxylic acids is 1. The quantitative estimate of drug-likeness (QED) is 0.149. The van der Waals surface area contributed by atoms with Gasteiger partial charge in [-0.05, 0) is 194 Å². The first-order chi connectivity index (χ1) is 32.8. The summed E-state index contributed by atoms with van der Waals surface area (Å²) >= 11 is 9.53. The van der Waals surface area contributed by atoms with Crippen LogP contribution in [0.15, 0.2) is 71.9 Å². The van der Waals surface area contributed by atoms with Crippen molar-refractivity contribution in [3.05, 3.63) is 71.9 Å². The number of hydrogen-bond acceptors (Lipinski definition) is 8. The lowest BCUT2D eigenvalue weighted by Crippen LogP contribution is -2.49. The topological polar surface area (TPSA) is 195 Å². The van der Waals surface area contributed by atoms with Crippen molar-refractivity contribution in [2.45, 2.75) is 162 Å². The highest BCUT2D eigenvalue weighted by Gasteiger charge is 2.60. The number of amides is 1. The summed E-state index contributed by atoms with van der Waals surface area (Å²) in [5, 5.41) is 13.3. The summed E-state index contributed by atoms with van der Waals surface area (Å²) in [6, 6.07) is 0. The van der Waals surface area contributed by atoms with Crippen molar-refractivity contribution in [3.8, 4) is 0 Å². The number of nitrogens with one attached hydrogen (secondary N) is 1. The van der Waals surface area contributed by atoms with E-state index in [2.05, 4.69) is 70.6 Å². The van der Waals surface area contributed by atoms with E-state index in [4.69, 9.17) is 33.4 Å². The van der Waals surface area contributed by atoms with Gasteiger partial charge in [0.05, 0.1) is 15.8 Å². The Balaban J connectivity index is 0.000000195. The fourth-order valence-electron chi connectivity index (χ4n) is 15.6. The van der Waals surface area contributed by atoms with Crippen LogP contribution in [0, 0.1) is 80.8 Å². The number of carboxylic acid groups (broad SMARTS) is 1. The van der Waals surface area contributed by atoms with Crippen molar-refractivity contribution >= 4 is 66.7 Å². The molecule has 0 saturated heterocycles. The molecule has 4 N–H and O–H groups in total. The molecule has 10 rings (SSSR count). The van der Waals surface area contributed by atoms with E-state index in [1.807, 2.05) is 24.3 Å². The van der Waals surface area contributed by atoms with Crippen molar-refractivity contribution < 1.29 is 41.1 Å². The van der Waals surface area contributed by atoms with Gasteiger partial charge in [-0.3, -0.25) is 14.4 Å². The van der Waals surface area contributed by atoms with Gasteiger partial charge in [-0.2, -0.15) is 0 Å². The van der Waals surface area contributed by atoms with Gasteiger partial charge in [-0.1, -0.05) is 85.4 Å². The van der Waals surface area contributed by atoms with E-state index in [9.17, 15) is 36.0 Å². The first kappa shape index (κ1) is 57.4. The van der Waals surface area contributed by atoms with Crippen LogP contribution in [-0.4, -0.2) is 61.2 Å². The van der Waals surface area contributed by atoms with E-state index in [-0.39, 0.29) is 62.4 Å². The number of sulfonamides is 2. The molecular weight excluding hydrogens is 980 g/mol. The lowest BCUT2D eigenvalue weighted by molar-refractivity contribution is -0.131. The van der Waals surface area contributed by atoms with Crippen molar-refractivity contribution in [1.82, 2.24) is 4.72 Å². The lowest BCUT2D eigenvalue weighted by atomic mass is 9.48. The molecule has 8 unspecified atom stereocenters. The van der Waals surface area contributed by atoms with E-state index < -0.39 is 31.9 Å². The monoisotopic (exact) mass is 1060 g/mol. The summed E-state index contributed by atoms with van der Waals surface area (Å²) in [6.45, 7) is 14.0. The number of nitrogens with two attached hydrogens (primary N) is 1. The van der Waals surface area contributed by atoms with E-state index in [1.165, 1.54) is 68.2 Å². The zero-order valence-corrected chi connectivity index (χ0v) is 45.2. The van der Waals surface area contributed by atoms with Gasteiger partial charge in [0.1, 0.15) is 0 Å². The summed E-state index contributed by atoms with van der Waals surface area (Å²) in [5.74, 6) is 4.43. The van der Waals surface area contributed by atoms with Crippen molar-refractivity contribution in [2.75, 3.05) is 5.34 Å². The van der Waals surface area contributed by atoms with Gasteiger partial charge in [0.2, 0.25) is 20.0 Å². The smallest absolute Gasteiger partial charge is 0.327 e.